The molecule has 0 aromatic rings. The highest BCUT2D eigenvalue weighted by Crippen LogP contribution is 1.98. The molecule has 0 fully saturated rings. The van der Waals surface area contributed by atoms with E-state index in [1.54, 1.807) is 7.11 Å². The highest BCUT2D eigenvalue weighted by Gasteiger charge is 2.02. The van der Waals surface area contributed by atoms with Gasteiger partial charge in [-0.25, -0.2) is 0 Å². The Kier molecular flexibility index (Phi) is 9.99. The summed E-state index contributed by atoms with van der Waals surface area (Å²) in [7, 11) is 3.96. The van der Waals surface area contributed by atoms with E-state index in [1.807, 2.05) is 0 Å². The van der Waals surface area contributed by atoms with E-state index in [9.17, 15) is 0 Å². The van der Waals surface area contributed by atoms with Crippen molar-refractivity contribution < 1.29 is 4.74 Å². The van der Waals surface area contributed by atoms with Gasteiger partial charge in [-0.05, 0) is 59.3 Å². The van der Waals surface area contributed by atoms with Gasteiger partial charge in [0, 0.05) is 19.8 Å². The topological polar surface area (TPSA) is 24.5 Å². The molecule has 0 aliphatic rings. The first-order chi connectivity index (χ1) is 7.57. The van der Waals surface area contributed by atoms with E-state index >= 15 is 0 Å². The van der Waals surface area contributed by atoms with Crippen LogP contribution in [0.3, 0.4) is 0 Å². The lowest BCUT2D eigenvalue weighted by Gasteiger charge is -2.20. The Morgan fingerprint density at radius 3 is 2.44 bits per heavy atom. The quantitative estimate of drug-likeness (QED) is 0.581. The summed E-state index contributed by atoms with van der Waals surface area (Å²) in [5.41, 5.74) is 0. The van der Waals surface area contributed by atoms with Crippen LogP contribution < -0.4 is 5.32 Å². The van der Waals surface area contributed by atoms with E-state index in [0.29, 0.717) is 12.0 Å². The van der Waals surface area contributed by atoms with Crippen molar-refractivity contribution in [1.82, 2.24) is 10.2 Å². The molecule has 1 N–H and O–H groups in total. The number of hydrogen-bond acceptors (Lipinski definition) is 3. The summed E-state index contributed by atoms with van der Waals surface area (Å²) in [4.78, 5) is 2.40. The molecule has 0 spiro atoms. The lowest BCUT2D eigenvalue weighted by molar-refractivity contribution is 0.158. The Bertz CT molecular complexity index is 151. The van der Waals surface area contributed by atoms with Gasteiger partial charge in [-0.2, -0.15) is 0 Å². The summed E-state index contributed by atoms with van der Waals surface area (Å²) < 4.78 is 5.09. The molecule has 0 rings (SSSR count). The summed E-state index contributed by atoms with van der Waals surface area (Å²) in [5.74, 6) is 0.614. The molecule has 1 unspecified atom stereocenters. The van der Waals surface area contributed by atoms with Crippen LogP contribution in [0.15, 0.2) is 0 Å². The van der Waals surface area contributed by atoms with Crippen LogP contribution in [0.1, 0.15) is 33.6 Å². The van der Waals surface area contributed by atoms with Gasteiger partial charge in [0.05, 0.1) is 0 Å². The average Bonchev–Trinajstić information content (AvgIpc) is 2.23. The molecule has 0 aromatic heterocycles. The van der Waals surface area contributed by atoms with Crippen molar-refractivity contribution in [2.45, 2.75) is 39.7 Å². The summed E-state index contributed by atoms with van der Waals surface area (Å²) in [5, 5.41) is 3.47. The van der Waals surface area contributed by atoms with Crippen LogP contribution in [0.4, 0.5) is 0 Å². The lowest BCUT2D eigenvalue weighted by atomic mass is 10.2. The fraction of sp³-hybridized carbons (Fsp3) is 1.00. The molecule has 0 radical (unpaired) electrons. The molecule has 0 saturated carbocycles. The van der Waals surface area contributed by atoms with Crippen LogP contribution in [0.5, 0.6) is 0 Å². The number of ether oxygens (including phenoxy) is 1. The zero-order valence-electron chi connectivity index (χ0n) is 11.8. The molecule has 16 heavy (non-hydrogen) atoms. The monoisotopic (exact) mass is 230 g/mol. The third-order valence-electron chi connectivity index (χ3n) is 2.94. The van der Waals surface area contributed by atoms with Crippen LogP contribution in [-0.4, -0.2) is 51.3 Å². The van der Waals surface area contributed by atoms with Gasteiger partial charge in [0.15, 0.2) is 0 Å². The van der Waals surface area contributed by atoms with E-state index in [2.05, 4.69) is 38.0 Å². The van der Waals surface area contributed by atoms with E-state index in [4.69, 9.17) is 4.74 Å². The average molecular weight is 230 g/mol. The minimum atomic E-state index is 0.614. The standard InChI is InChI=1S/C13H30N2O/c1-12(2)15(4)9-7-6-8-14-10-13(3)11-16-5/h12-14H,6-11H2,1-5H3. The largest absolute Gasteiger partial charge is 0.384 e. The molecule has 0 aliphatic heterocycles. The maximum atomic E-state index is 5.09. The predicted molar refractivity (Wildman–Crippen MR) is 70.9 cm³/mol. The van der Waals surface area contributed by atoms with Crippen molar-refractivity contribution in [3.63, 3.8) is 0 Å². The number of hydrogen-bond donors (Lipinski definition) is 1. The zero-order chi connectivity index (χ0) is 12.4. The van der Waals surface area contributed by atoms with Gasteiger partial charge in [0.1, 0.15) is 0 Å². The van der Waals surface area contributed by atoms with Gasteiger partial charge in [-0.1, -0.05) is 6.92 Å². The molecule has 1 atom stereocenters. The third-order valence-corrected chi connectivity index (χ3v) is 2.94. The van der Waals surface area contributed by atoms with E-state index < -0.39 is 0 Å². The van der Waals surface area contributed by atoms with Crippen molar-refractivity contribution in [1.29, 1.82) is 0 Å². The maximum absolute atomic E-state index is 5.09. The van der Waals surface area contributed by atoms with Gasteiger partial charge in [0.25, 0.3) is 0 Å². The molecule has 0 heterocycles. The van der Waals surface area contributed by atoms with E-state index in [-0.39, 0.29) is 0 Å². The van der Waals surface area contributed by atoms with E-state index in [0.717, 1.165) is 19.7 Å². The SMILES string of the molecule is COCC(C)CNCCCCN(C)C(C)C. The van der Waals surface area contributed by atoms with Crippen LogP contribution >= 0.6 is 0 Å². The fourth-order valence-corrected chi connectivity index (χ4v) is 1.56. The lowest BCUT2D eigenvalue weighted by Crippen LogP contribution is -2.28. The predicted octanol–water partition coefficient (Wildman–Crippen LogP) is 1.98. The van der Waals surface area contributed by atoms with Gasteiger partial charge in [-0.3, -0.25) is 0 Å². The van der Waals surface area contributed by atoms with Crippen molar-refractivity contribution >= 4 is 0 Å². The van der Waals surface area contributed by atoms with Crippen molar-refractivity contribution in [2.75, 3.05) is 40.4 Å². The van der Waals surface area contributed by atoms with Crippen LogP contribution in [-0.2, 0) is 4.74 Å². The van der Waals surface area contributed by atoms with Gasteiger partial charge in [0.2, 0.25) is 0 Å². The zero-order valence-corrected chi connectivity index (χ0v) is 11.8. The maximum Gasteiger partial charge on any atom is 0.0499 e. The molecule has 0 aliphatic carbocycles. The Morgan fingerprint density at radius 2 is 1.88 bits per heavy atom. The molecule has 0 saturated heterocycles. The smallest absolute Gasteiger partial charge is 0.0499 e. The van der Waals surface area contributed by atoms with Crippen molar-refractivity contribution in [3.05, 3.63) is 0 Å². The van der Waals surface area contributed by atoms with Crippen LogP contribution in [0.25, 0.3) is 0 Å². The van der Waals surface area contributed by atoms with Crippen LogP contribution in [0, 0.1) is 5.92 Å². The number of methoxy groups -OCH3 is 1. The van der Waals surface area contributed by atoms with Crippen LogP contribution in [0.2, 0.25) is 0 Å². The first-order valence-electron chi connectivity index (χ1n) is 6.47. The second kappa shape index (κ2) is 10.1. The highest BCUT2D eigenvalue weighted by atomic mass is 16.5. The van der Waals surface area contributed by atoms with Gasteiger partial charge >= 0.3 is 0 Å². The first-order valence-corrected chi connectivity index (χ1v) is 6.47. The number of nitrogens with one attached hydrogen (secondary N) is 1. The molecule has 0 aromatic carbocycles. The highest BCUT2D eigenvalue weighted by molar-refractivity contribution is 4.59. The molecular weight excluding hydrogens is 200 g/mol. The molecule has 0 amide bonds. The Balaban J connectivity index is 3.21. The Morgan fingerprint density at radius 1 is 1.19 bits per heavy atom. The Hall–Kier alpha value is -0.120. The molecular formula is C13H30N2O. The number of nitrogens with zero attached hydrogens (tertiary/aromatic N) is 1. The summed E-state index contributed by atoms with van der Waals surface area (Å²) >= 11 is 0. The van der Waals surface area contributed by atoms with Gasteiger partial charge in [-0.15, -0.1) is 0 Å². The molecule has 98 valence electrons. The molecule has 0 bridgehead atoms. The normalized spacial score (nSPS) is 13.7. The minimum absolute atomic E-state index is 0.614. The number of unbranched alkanes of at least 4 members (excludes halogenated alkanes) is 1. The molecule has 3 nitrogen and oxygen atoms in total. The Labute approximate surface area is 102 Å². The minimum Gasteiger partial charge on any atom is -0.384 e. The summed E-state index contributed by atoms with van der Waals surface area (Å²) in [6, 6.07) is 0.662. The summed E-state index contributed by atoms with van der Waals surface area (Å²) in [6.07, 6.45) is 2.54. The van der Waals surface area contributed by atoms with Crippen molar-refractivity contribution in [2.24, 2.45) is 5.92 Å². The molecule has 3 heteroatoms. The summed E-state index contributed by atoms with van der Waals surface area (Å²) in [6.45, 7) is 10.9. The first kappa shape index (κ1) is 15.9. The second-order valence-corrected chi connectivity index (χ2v) is 5.05. The fourth-order valence-electron chi connectivity index (χ4n) is 1.56. The second-order valence-electron chi connectivity index (χ2n) is 5.05. The third kappa shape index (κ3) is 9.13. The number of rotatable bonds is 10. The van der Waals surface area contributed by atoms with E-state index in [1.165, 1.54) is 19.4 Å². The van der Waals surface area contributed by atoms with Crippen molar-refractivity contribution in [3.8, 4) is 0 Å². The van der Waals surface area contributed by atoms with Gasteiger partial charge < -0.3 is 15.0 Å².